The molecule has 0 saturated carbocycles. The Morgan fingerprint density at radius 1 is 1.22 bits per heavy atom. The Bertz CT molecular complexity index is 957. The average molecular weight is 382 g/mol. The highest BCUT2D eigenvalue weighted by Crippen LogP contribution is 2.35. The van der Waals surface area contributed by atoms with Gasteiger partial charge in [-0.3, -0.25) is 9.69 Å². The van der Waals surface area contributed by atoms with E-state index in [-0.39, 0.29) is 11.7 Å². The zero-order valence-corrected chi connectivity index (χ0v) is 15.7. The molecule has 2 aromatic carbocycles. The van der Waals surface area contributed by atoms with Crippen LogP contribution in [0.25, 0.3) is 0 Å². The number of halogens is 1. The Balaban J connectivity index is 1.41. The van der Waals surface area contributed by atoms with Gasteiger partial charge in [-0.25, -0.2) is 4.39 Å². The molecule has 0 spiro atoms. The van der Waals surface area contributed by atoms with E-state index in [1.165, 1.54) is 46.7 Å². The van der Waals surface area contributed by atoms with Crippen LogP contribution in [0.4, 0.5) is 10.1 Å². The predicted octanol–water partition coefficient (Wildman–Crippen LogP) is 4.05. The topological polar surface area (TPSA) is 58.1 Å². The minimum Gasteiger partial charge on any atom is -0.320 e. The van der Waals surface area contributed by atoms with Crippen LogP contribution in [-0.4, -0.2) is 28.1 Å². The molecule has 1 aromatic heterocycles. The Morgan fingerprint density at radius 3 is 2.81 bits per heavy atom. The first kappa shape index (κ1) is 17.8. The molecule has 0 unspecified atom stereocenters. The van der Waals surface area contributed by atoms with E-state index in [9.17, 15) is 9.18 Å². The summed E-state index contributed by atoms with van der Waals surface area (Å²) in [5.74, 6) is -0.679. The first-order chi connectivity index (χ1) is 13.1. The van der Waals surface area contributed by atoms with E-state index < -0.39 is 0 Å². The van der Waals surface area contributed by atoms with E-state index >= 15 is 0 Å². The third-order valence-corrected chi connectivity index (χ3v) is 5.69. The first-order valence-corrected chi connectivity index (χ1v) is 9.59. The monoisotopic (exact) mass is 382 g/mol. The number of nitrogens with one attached hydrogen (secondary N) is 1. The lowest BCUT2D eigenvalue weighted by Gasteiger charge is -2.23. The lowest BCUT2D eigenvalue weighted by Crippen LogP contribution is -2.22. The molecule has 1 aliphatic carbocycles. The summed E-state index contributed by atoms with van der Waals surface area (Å²) in [5, 5.41) is 12.0. The highest BCUT2D eigenvalue weighted by Gasteiger charge is 2.26. The summed E-state index contributed by atoms with van der Waals surface area (Å²) in [6, 6.07) is 14.5. The van der Waals surface area contributed by atoms with Crippen molar-refractivity contribution < 1.29 is 9.18 Å². The highest BCUT2D eigenvalue weighted by atomic mass is 32.1. The molecule has 27 heavy (non-hydrogen) atoms. The molecule has 0 bridgehead atoms. The fraction of sp³-hybridized carbons (Fsp3) is 0.250. The molecule has 0 radical (unpaired) electrons. The summed E-state index contributed by atoms with van der Waals surface area (Å²) in [7, 11) is 2.08. The van der Waals surface area contributed by atoms with Gasteiger partial charge >= 0.3 is 0 Å². The van der Waals surface area contributed by atoms with E-state index in [0.717, 1.165) is 17.8 Å². The second-order valence-electron chi connectivity index (χ2n) is 6.63. The summed E-state index contributed by atoms with van der Waals surface area (Å²) < 4.78 is 13.0. The number of carbonyl (C=O) groups excluding carboxylic acids is 1. The van der Waals surface area contributed by atoms with Crippen molar-refractivity contribution in [1.29, 1.82) is 0 Å². The second-order valence-corrected chi connectivity index (χ2v) is 7.69. The molecule has 5 nitrogen and oxygen atoms in total. The van der Waals surface area contributed by atoms with Gasteiger partial charge in [0.05, 0.1) is 6.54 Å². The predicted molar refractivity (Wildman–Crippen MR) is 103 cm³/mol. The van der Waals surface area contributed by atoms with Gasteiger partial charge < -0.3 is 5.32 Å². The van der Waals surface area contributed by atoms with Crippen molar-refractivity contribution in [2.45, 2.75) is 25.4 Å². The summed E-state index contributed by atoms with van der Waals surface area (Å²) in [6.07, 6.45) is 2.18. The lowest BCUT2D eigenvalue weighted by atomic mass is 10.1. The van der Waals surface area contributed by atoms with E-state index in [1.807, 2.05) is 0 Å². The molecule has 1 atom stereocenters. The van der Waals surface area contributed by atoms with Gasteiger partial charge in [0.15, 0.2) is 0 Å². The lowest BCUT2D eigenvalue weighted by molar-refractivity contribution is 0.102. The van der Waals surface area contributed by atoms with E-state index in [2.05, 4.69) is 51.7 Å². The van der Waals surface area contributed by atoms with Crippen LogP contribution in [0.15, 0.2) is 48.5 Å². The van der Waals surface area contributed by atoms with Gasteiger partial charge in [0.25, 0.3) is 5.91 Å². The summed E-state index contributed by atoms with van der Waals surface area (Å²) in [4.78, 5) is 14.6. The van der Waals surface area contributed by atoms with Gasteiger partial charge in [-0.2, -0.15) is 0 Å². The Hall–Kier alpha value is -2.64. The van der Waals surface area contributed by atoms with Crippen LogP contribution in [0.1, 0.15) is 38.4 Å². The molecule has 0 aliphatic heterocycles. The van der Waals surface area contributed by atoms with Crippen molar-refractivity contribution in [1.82, 2.24) is 15.1 Å². The number of aryl methyl sites for hydroxylation is 1. The van der Waals surface area contributed by atoms with E-state index in [0.29, 0.717) is 23.3 Å². The SMILES string of the molecule is CN(Cc1nnc(C(=O)Nc2ccc(F)cc2)s1)[C@H]1CCc2ccccc21. The van der Waals surface area contributed by atoms with E-state index in [1.54, 1.807) is 0 Å². The quantitative estimate of drug-likeness (QED) is 0.723. The molecular weight excluding hydrogens is 363 g/mol. The maximum Gasteiger partial charge on any atom is 0.286 e. The molecule has 0 fully saturated rings. The molecule has 1 amide bonds. The molecule has 138 valence electrons. The van der Waals surface area contributed by atoms with Crippen molar-refractivity contribution in [3.63, 3.8) is 0 Å². The Morgan fingerprint density at radius 2 is 2.00 bits per heavy atom. The van der Waals surface area contributed by atoms with Crippen LogP contribution in [0.2, 0.25) is 0 Å². The molecule has 0 saturated heterocycles. The smallest absolute Gasteiger partial charge is 0.286 e. The molecule has 7 heteroatoms. The molecule has 1 aliphatic rings. The van der Waals surface area contributed by atoms with Gasteiger partial charge in [0.1, 0.15) is 10.8 Å². The summed E-state index contributed by atoms with van der Waals surface area (Å²) in [5.41, 5.74) is 3.31. The zero-order valence-electron chi connectivity index (χ0n) is 14.9. The minimum absolute atomic E-state index is 0.301. The van der Waals surface area contributed by atoms with Crippen molar-refractivity contribution in [2.75, 3.05) is 12.4 Å². The zero-order chi connectivity index (χ0) is 18.8. The summed E-state index contributed by atoms with van der Waals surface area (Å²) in [6.45, 7) is 0.639. The van der Waals surface area contributed by atoms with Crippen molar-refractivity contribution in [3.05, 3.63) is 75.5 Å². The number of aromatic nitrogens is 2. The Kier molecular flexibility index (Phi) is 4.96. The van der Waals surface area contributed by atoms with Crippen LogP contribution in [0.5, 0.6) is 0 Å². The maximum atomic E-state index is 13.0. The number of nitrogens with zero attached hydrogens (tertiary/aromatic N) is 3. The Labute approximate surface area is 160 Å². The van der Waals surface area contributed by atoms with Crippen molar-refractivity contribution >= 4 is 22.9 Å². The number of carbonyl (C=O) groups is 1. The van der Waals surface area contributed by atoms with Gasteiger partial charge in [-0.1, -0.05) is 35.6 Å². The molecule has 3 aromatic rings. The second kappa shape index (κ2) is 7.54. The number of hydrogen-bond acceptors (Lipinski definition) is 5. The number of amides is 1. The first-order valence-electron chi connectivity index (χ1n) is 8.77. The number of benzene rings is 2. The highest BCUT2D eigenvalue weighted by molar-refractivity contribution is 7.13. The maximum absolute atomic E-state index is 13.0. The van der Waals surface area contributed by atoms with Gasteiger partial charge in [0.2, 0.25) is 5.01 Å². The number of hydrogen-bond donors (Lipinski definition) is 1. The fourth-order valence-corrected chi connectivity index (χ4v) is 4.24. The minimum atomic E-state index is -0.345. The van der Waals surface area contributed by atoms with Crippen LogP contribution in [0.3, 0.4) is 0 Å². The average Bonchev–Trinajstić information content (AvgIpc) is 3.30. The van der Waals surface area contributed by atoms with Crippen LogP contribution in [-0.2, 0) is 13.0 Å². The molecule has 1 N–H and O–H groups in total. The van der Waals surface area contributed by atoms with Gasteiger partial charge in [-0.05, 0) is 55.3 Å². The van der Waals surface area contributed by atoms with E-state index in [4.69, 9.17) is 0 Å². The van der Waals surface area contributed by atoms with Crippen LogP contribution < -0.4 is 5.32 Å². The summed E-state index contributed by atoms with van der Waals surface area (Å²) >= 11 is 1.28. The number of fused-ring (bicyclic) bond motifs is 1. The van der Waals surface area contributed by atoms with Crippen molar-refractivity contribution in [2.24, 2.45) is 0 Å². The number of anilines is 1. The molecule has 1 heterocycles. The normalized spacial score (nSPS) is 15.7. The third kappa shape index (κ3) is 3.89. The van der Waals surface area contributed by atoms with Crippen LogP contribution >= 0.6 is 11.3 Å². The van der Waals surface area contributed by atoms with Gasteiger partial charge in [-0.15, -0.1) is 10.2 Å². The molecular formula is C20H19FN4OS. The van der Waals surface area contributed by atoms with Gasteiger partial charge in [0, 0.05) is 11.7 Å². The fourth-order valence-electron chi connectivity index (χ4n) is 3.44. The number of rotatable bonds is 5. The third-order valence-electron chi connectivity index (χ3n) is 4.78. The standard InChI is InChI=1S/C20H19FN4OS/c1-25(17-11-6-13-4-2-3-5-16(13)17)12-18-23-24-20(27-18)19(26)22-15-9-7-14(21)8-10-15/h2-5,7-10,17H,6,11-12H2,1H3,(H,22,26)/t17-/m0/s1. The molecule has 4 rings (SSSR count). The largest absolute Gasteiger partial charge is 0.320 e. The van der Waals surface area contributed by atoms with Crippen LogP contribution in [0, 0.1) is 5.82 Å². The van der Waals surface area contributed by atoms with Crippen molar-refractivity contribution in [3.8, 4) is 0 Å².